The van der Waals surface area contributed by atoms with Crippen molar-refractivity contribution in [2.45, 2.75) is 0 Å². The Kier molecular flexibility index (Phi) is 1.31. The number of anilines is 1. The summed E-state index contributed by atoms with van der Waals surface area (Å²) in [5.41, 5.74) is 5.29. The van der Waals surface area contributed by atoms with E-state index in [-0.39, 0.29) is 4.77 Å². The standard InChI is InChI=1S/C3H5N5S/c4-2-1-6-7-3(9)8(2)5/h1H,4-5H2. The summed E-state index contributed by atoms with van der Waals surface area (Å²) in [6.07, 6.45) is 1.33. The van der Waals surface area contributed by atoms with Crippen molar-refractivity contribution >= 4 is 18.0 Å². The number of rotatable bonds is 0. The summed E-state index contributed by atoms with van der Waals surface area (Å²) >= 11 is 4.63. The van der Waals surface area contributed by atoms with Gasteiger partial charge >= 0.3 is 0 Å². The zero-order valence-corrected chi connectivity index (χ0v) is 5.30. The van der Waals surface area contributed by atoms with Gasteiger partial charge in [-0.1, -0.05) is 0 Å². The molecule has 0 fully saturated rings. The third-order valence-electron chi connectivity index (χ3n) is 0.818. The molecular weight excluding hydrogens is 138 g/mol. The highest BCUT2D eigenvalue weighted by molar-refractivity contribution is 7.71. The highest BCUT2D eigenvalue weighted by Gasteiger charge is 1.89. The lowest BCUT2D eigenvalue weighted by molar-refractivity contribution is 0.846. The van der Waals surface area contributed by atoms with E-state index in [2.05, 4.69) is 22.4 Å². The Morgan fingerprint density at radius 1 is 1.67 bits per heavy atom. The summed E-state index contributed by atoms with van der Waals surface area (Å²) in [5.74, 6) is 5.57. The van der Waals surface area contributed by atoms with Gasteiger partial charge in [-0.15, -0.1) is 5.10 Å². The van der Waals surface area contributed by atoms with Crippen LogP contribution in [0.25, 0.3) is 0 Å². The van der Waals surface area contributed by atoms with Gasteiger partial charge < -0.3 is 11.6 Å². The first-order valence-electron chi connectivity index (χ1n) is 2.17. The molecule has 1 aromatic rings. The number of nitrogens with two attached hydrogens (primary N) is 2. The Bertz CT molecular complexity index is 265. The van der Waals surface area contributed by atoms with Gasteiger partial charge in [0.1, 0.15) is 5.82 Å². The van der Waals surface area contributed by atoms with E-state index in [1.54, 1.807) is 0 Å². The predicted octanol–water partition coefficient (Wildman–Crippen LogP) is -0.696. The first kappa shape index (κ1) is 5.96. The van der Waals surface area contributed by atoms with E-state index in [0.29, 0.717) is 5.82 Å². The molecule has 4 N–H and O–H groups in total. The average molecular weight is 143 g/mol. The highest BCUT2D eigenvalue weighted by Crippen LogP contribution is 1.90. The van der Waals surface area contributed by atoms with Gasteiger partial charge in [0.2, 0.25) is 4.77 Å². The van der Waals surface area contributed by atoms with Crippen molar-refractivity contribution in [1.82, 2.24) is 14.9 Å². The van der Waals surface area contributed by atoms with Crippen molar-refractivity contribution < 1.29 is 0 Å². The molecule has 0 saturated carbocycles. The van der Waals surface area contributed by atoms with Crippen LogP contribution in [0.15, 0.2) is 6.20 Å². The fourth-order valence-corrected chi connectivity index (χ4v) is 0.511. The lowest BCUT2D eigenvalue weighted by Crippen LogP contribution is -2.16. The quantitative estimate of drug-likeness (QED) is 0.371. The number of nitrogens with zero attached hydrogens (tertiary/aromatic N) is 3. The molecule has 0 radical (unpaired) electrons. The van der Waals surface area contributed by atoms with Gasteiger partial charge in [0.15, 0.2) is 0 Å². The van der Waals surface area contributed by atoms with Crippen LogP contribution in [0.4, 0.5) is 5.82 Å². The molecule has 6 heteroatoms. The summed E-state index contributed by atoms with van der Waals surface area (Å²) < 4.78 is 1.26. The summed E-state index contributed by atoms with van der Waals surface area (Å²) in [6, 6.07) is 0. The van der Waals surface area contributed by atoms with Crippen molar-refractivity contribution in [3.05, 3.63) is 11.0 Å². The molecule has 0 spiro atoms. The number of nitrogen functional groups attached to an aromatic ring is 2. The number of hydrogen-bond donors (Lipinski definition) is 2. The van der Waals surface area contributed by atoms with Gasteiger partial charge in [-0.05, 0) is 12.2 Å². The van der Waals surface area contributed by atoms with Gasteiger partial charge in [0, 0.05) is 0 Å². The lowest BCUT2D eigenvalue weighted by Gasteiger charge is -1.98. The maximum absolute atomic E-state index is 5.29. The van der Waals surface area contributed by atoms with E-state index in [9.17, 15) is 0 Å². The first-order valence-corrected chi connectivity index (χ1v) is 2.58. The summed E-state index contributed by atoms with van der Waals surface area (Å²) in [7, 11) is 0. The molecule has 0 amide bonds. The van der Waals surface area contributed by atoms with E-state index in [0.717, 1.165) is 4.68 Å². The van der Waals surface area contributed by atoms with Crippen LogP contribution in [0.5, 0.6) is 0 Å². The number of hydrogen-bond acceptors (Lipinski definition) is 5. The molecule has 0 saturated heterocycles. The Morgan fingerprint density at radius 2 is 2.33 bits per heavy atom. The van der Waals surface area contributed by atoms with E-state index < -0.39 is 0 Å². The molecule has 5 nitrogen and oxygen atoms in total. The van der Waals surface area contributed by atoms with Crippen LogP contribution in [-0.4, -0.2) is 14.9 Å². The smallest absolute Gasteiger partial charge is 0.240 e. The summed E-state index contributed by atoms with van der Waals surface area (Å²) in [5, 5.41) is 6.93. The molecular formula is C3H5N5S. The van der Waals surface area contributed by atoms with Gasteiger partial charge in [0.05, 0.1) is 6.20 Å². The molecule has 48 valence electrons. The molecule has 0 aliphatic heterocycles. The molecule has 1 rings (SSSR count). The Labute approximate surface area is 56.3 Å². The van der Waals surface area contributed by atoms with E-state index in [1.807, 2.05) is 0 Å². The van der Waals surface area contributed by atoms with Gasteiger partial charge in [-0.25, -0.2) is 4.68 Å². The third-order valence-corrected chi connectivity index (χ3v) is 1.10. The summed E-state index contributed by atoms with van der Waals surface area (Å²) in [4.78, 5) is 0. The maximum Gasteiger partial charge on any atom is 0.240 e. The zero-order chi connectivity index (χ0) is 6.85. The Hall–Kier alpha value is -1.17. The second-order valence-electron chi connectivity index (χ2n) is 1.42. The monoisotopic (exact) mass is 143 g/mol. The minimum atomic E-state index is 0.176. The molecule has 0 unspecified atom stereocenters. The largest absolute Gasteiger partial charge is 0.382 e. The molecule has 0 aromatic carbocycles. The van der Waals surface area contributed by atoms with Crippen molar-refractivity contribution in [3.63, 3.8) is 0 Å². The highest BCUT2D eigenvalue weighted by atomic mass is 32.1. The fraction of sp³-hybridized carbons (Fsp3) is 0. The summed E-state index contributed by atoms with van der Waals surface area (Å²) in [6.45, 7) is 0. The van der Waals surface area contributed by atoms with E-state index in [4.69, 9.17) is 11.6 Å². The number of aromatic nitrogens is 3. The van der Waals surface area contributed by atoms with Gasteiger partial charge in [-0.2, -0.15) is 5.10 Å². The van der Waals surface area contributed by atoms with Crippen LogP contribution >= 0.6 is 12.2 Å². The van der Waals surface area contributed by atoms with Gasteiger partial charge in [0.25, 0.3) is 0 Å². The topological polar surface area (TPSA) is 82.8 Å². The van der Waals surface area contributed by atoms with Crippen molar-refractivity contribution in [3.8, 4) is 0 Å². The van der Waals surface area contributed by atoms with Crippen molar-refractivity contribution in [2.24, 2.45) is 0 Å². The van der Waals surface area contributed by atoms with Crippen molar-refractivity contribution in [2.75, 3.05) is 11.6 Å². The first-order chi connectivity index (χ1) is 4.22. The predicted molar refractivity (Wildman–Crippen MR) is 35.4 cm³/mol. The fourth-order valence-electron chi connectivity index (χ4n) is 0.358. The molecule has 1 aromatic heterocycles. The normalized spacial score (nSPS) is 9.33. The minimum Gasteiger partial charge on any atom is -0.382 e. The van der Waals surface area contributed by atoms with Crippen LogP contribution in [-0.2, 0) is 0 Å². The van der Waals surface area contributed by atoms with Gasteiger partial charge in [-0.3, -0.25) is 0 Å². The lowest BCUT2D eigenvalue weighted by atomic mass is 10.7. The van der Waals surface area contributed by atoms with E-state index in [1.165, 1.54) is 6.20 Å². The Morgan fingerprint density at radius 3 is 2.78 bits per heavy atom. The molecule has 1 heterocycles. The third kappa shape index (κ3) is 0.968. The van der Waals surface area contributed by atoms with Crippen LogP contribution in [0.2, 0.25) is 0 Å². The molecule has 0 aliphatic carbocycles. The van der Waals surface area contributed by atoms with Crippen LogP contribution in [0, 0.1) is 4.77 Å². The molecule has 0 atom stereocenters. The maximum atomic E-state index is 5.29. The zero-order valence-electron chi connectivity index (χ0n) is 4.48. The second kappa shape index (κ2) is 1.98. The van der Waals surface area contributed by atoms with Crippen LogP contribution in [0.1, 0.15) is 0 Å². The Balaban J connectivity index is 3.43. The SMILES string of the molecule is Nc1cnnc(=S)n1N. The molecule has 0 aliphatic rings. The van der Waals surface area contributed by atoms with Crippen LogP contribution in [0.3, 0.4) is 0 Å². The van der Waals surface area contributed by atoms with Crippen LogP contribution < -0.4 is 11.6 Å². The molecule has 9 heavy (non-hydrogen) atoms. The minimum absolute atomic E-state index is 0.176. The average Bonchev–Trinajstić information content (AvgIpc) is 1.83. The van der Waals surface area contributed by atoms with Crippen molar-refractivity contribution in [1.29, 1.82) is 0 Å². The van der Waals surface area contributed by atoms with E-state index >= 15 is 0 Å². The molecule has 0 bridgehead atoms. The second-order valence-corrected chi connectivity index (χ2v) is 1.79.